The van der Waals surface area contributed by atoms with Gasteiger partial charge in [-0.2, -0.15) is 0 Å². The van der Waals surface area contributed by atoms with Crippen molar-refractivity contribution in [2.45, 2.75) is 0 Å². The van der Waals surface area contributed by atoms with Crippen molar-refractivity contribution < 1.29 is 9.53 Å². The van der Waals surface area contributed by atoms with Crippen molar-refractivity contribution in [1.29, 1.82) is 0 Å². The van der Waals surface area contributed by atoms with Crippen molar-refractivity contribution in [1.82, 2.24) is 9.55 Å². The van der Waals surface area contributed by atoms with Crippen molar-refractivity contribution in [3.63, 3.8) is 0 Å². The van der Waals surface area contributed by atoms with Crippen LogP contribution < -0.4 is 10.1 Å². The van der Waals surface area contributed by atoms with Gasteiger partial charge in [-0.05, 0) is 24.3 Å². The molecule has 1 heterocycles. The monoisotopic (exact) mass is 293 g/mol. The van der Waals surface area contributed by atoms with E-state index in [-0.39, 0.29) is 5.91 Å². The van der Waals surface area contributed by atoms with Crippen LogP contribution in [-0.2, 0) is 7.05 Å². The number of imidazole rings is 1. The number of rotatable bonds is 4. The minimum absolute atomic E-state index is 0.232. The van der Waals surface area contributed by atoms with Gasteiger partial charge in [0.2, 0.25) is 0 Å². The molecule has 110 valence electrons. The summed E-state index contributed by atoms with van der Waals surface area (Å²) in [4.78, 5) is 16.2. The number of para-hydroxylation sites is 3. The van der Waals surface area contributed by atoms with E-state index in [9.17, 15) is 4.79 Å². The molecule has 0 aliphatic heterocycles. The largest absolute Gasteiger partial charge is 0.455 e. The van der Waals surface area contributed by atoms with E-state index < -0.39 is 0 Å². The van der Waals surface area contributed by atoms with E-state index in [0.29, 0.717) is 22.9 Å². The van der Waals surface area contributed by atoms with Crippen molar-refractivity contribution in [3.8, 4) is 11.5 Å². The summed E-state index contributed by atoms with van der Waals surface area (Å²) in [6.45, 7) is 0. The predicted molar refractivity (Wildman–Crippen MR) is 84.1 cm³/mol. The van der Waals surface area contributed by atoms with Gasteiger partial charge in [0.15, 0.2) is 5.75 Å². The van der Waals surface area contributed by atoms with E-state index >= 15 is 0 Å². The van der Waals surface area contributed by atoms with Crippen LogP contribution in [0.25, 0.3) is 0 Å². The Balaban J connectivity index is 1.83. The number of ether oxygens (including phenoxy) is 1. The molecule has 5 nitrogen and oxygen atoms in total. The second kappa shape index (κ2) is 6.13. The van der Waals surface area contributed by atoms with Crippen molar-refractivity contribution >= 4 is 11.6 Å². The first-order valence-electron chi connectivity index (χ1n) is 6.83. The fourth-order valence-corrected chi connectivity index (χ4v) is 2.04. The van der Waals surface area contributed by atoms with Gasteiger partial charge in [-0.15, -0.1) is 0 Å². The van der Waals surface area contributed by atoms with Crippen LogP contribution in [0.4, 0.5) is 5.69 Å². The van der Waals surface area contributed by atoms with Gasteiger partial charge >= 0.3 is 0 Å². The predicted octanol–water partition coefficient (Wildman–Crippen LogP) is 3.46. The summed E-state index contributed by atoms with van der Waals surface area (Å²) in [7, 11) is 1.77. The molecule has 5 heteroatoms. The van der Waals surface area contributed by atoms with Gasteiger partial charge in [0.1, 0.15) is 11.4 Å². The number of nitrogens with zero attached hydrogens (tertiary/aromatic N) is 2. The maximum atomic E-state index is 12.3. The summed E-state index contributed by atoms with van der Waals surface area (Å²) in [5, 5.41) is 2.85. The normalized spacial score (nSPS) is 10.2. The highest BCUT2D eigenvalue weighted by Crippen LogP contribution is 2.29. The van der Waals surface area contributed by atoms with Crippen molar-refractivity contribution in [2.75, 3.05) is 5.32 Å². The molecule has 0 bridgehead atoms. The van der Waals surface area contributed by atoms with Crippen LogP contribution >= 0.6 is 0 Å². The lowest BCUT2D eigenvalue weighted by atomic mass is 10.2. The summed E-state index contributed by atoms with van der Waals surface area (Å²) < 4.78 is 7.48. The van der Waals surface area contributed by atoms with Crippen LogP contribution in [-0.4, -0.2) is 15.5 Å². The third-order valence-corrected chi connectivity index (χ3v) is 3.16. The zero-order valence-electron chi connectivity index (χ0n) is 12.1. The lowest BCUT2D eigenvalue weighted by Gasteiger charge is -2.12. The molecular weight excluding hydrogens is 278 g/mol. The Labute approximate surface area is 128 Å². The van der Waals surface area contributed by atoms with E-state index in [1.165, 1.54) is 6.20 Å². The summed E-state index contributed by atoms with van der Waals surface area (Å²) in [6.07, 6.45) is 3.11. The minimum atomic E-state index is -0.232. The highest BCUT2D eigenvalue weighted by molar-refractivity contribution is 6.03. The summed E-state index contributed by atoms with van der Waals surface area (Å²) in [6, 6.07) is 16.7. The third kappa shape index (κ3) is 2.98. The van der Waals surface area contributed by atoms with Gasteiger partial charge in [-0.25, -0.2) is 4.98 Å². The first kappa shape index (κ1) is 13.9. The summed E-state index contributed by atoms with van der Waals surface area (Å²) in [5.74, 6) is 1.07. The van der Waals surface area contributed by atoms with Crippen LogP contribution in [0.1, 0.15) is 10.5 Å². The van der Waals surface area contributed by atoms with E-state index in [0.717, 1.165) is 0 Å². The standard InChI is InChI=1S/C17H15N3O2/c1-20-12-18-11-15(20)17(21)19-14-9-5-6-10-16(14)22-13-7-3-2-4-8-13/h2-12H,1H3,(H,19,21). The molecule has 0 fully saturated rings. The Morgan fingerprint density at radius 3 is 2.55 bits per heavy atom. The Hall–Kier alpha value is -3.08. The van der Waals surface area contributed by atoms with E-state index in [4.69, 9.17) is 4.74 Å². The maximum Gasteiger partial charge on any atom is 0.274 e. The lowest BCUT2D eigenvalue weighted by molar-refractivity contribution is 0.101. The molecule has 0 atom stereocenters. The number of aryl methyl sites for hydroxylation is 1. The number of aromatic nitrogens is 2. The van der Waals surface area contributed by atoms with Gasteiger partial charge < -0.3 is 14.6 Å². The number of amides is 1. The minimum Gasteiger partial charge on any atom is -0.455 e. The number of benzene rings is 2. The number of hydrogen-bond donors (Lipinski definition) is 1. The molecule has 0 saturated carbocycles. The third-order valence-electron chi connectivity index (χ3n) is 3.16. The number of hydrogen-bond acceptors (Lipinski definition) is 3. The Bertz CT molecular complexity index is 781. The SMILES string of the molecule is Cn1cncc1C(=O)Nc1ccccc1Oc1ccccc1. The number of anilines is 1. The molecule has 2 aromatic carbocycles. The summed E-state index contributed by atoms with van der Waals surface area (Å²) in [5.41, 5.74) is 1.09. The summed E-state index contributed by atoms with van der Waals surface area (Å²) >= 11 is 0. The smallest absolute Gasteiger partial charge is 0.274 e. The van der Waals surface area contributed by atoms with Gasteiger partial charge in [-0.1, -0.05) is 30.3 Å². The molecule has 0 spiro atoms. The van der Waals surface area contributed by atoms with Crippen molar-refractivity contribution in [2.24, 2.45) is 7.05 Å². The van der Waals surface area contributed by atoms with Crippen LogP contribution in [0.3, 0.4) is 0 Å². The average Bonchev–Trinajstić information content (AvgIpc) is 2.96. The van der Waals surface area contributed by atoms with Gasteiger partial charge in [-0.3, -0.25) is 4.79 Å². The van der Waals surface area contributed by atoms with Crippen LogP contribution in [0.5, 0.6) is 11.5 Å². The van der Waals surface area contributed by atoms with Gasteiger partial charge in [0.25, 0.3) is 5.91 Å². The van der Waals surface area contributed by atoms with Crippen molar-refractivity contribution in [3.05, 3.63) is 72.8 Å². The zero-order chi connectivity index (χ0) is 15.4. The molecule has 0 aliphatic carbocycles. The molecule has 0 aliphatic rings. The van der Waals surface area contributed by atoms with E-state index in [2.05, 4.69) is 10.3 Å². The first-order chi connectivity index (χ1) is 10.7. The second-order valence-electron chi connectivity index (χ2n) is 4.76. The fourth-order valence-electron chi connectivity index (χ4n) is 2.04. The molecule has 1 aromatic heterocycles. The number of carbonyl (C=O) groups is 1. The molecule has 1 amide bonds. The second-order valence-corrected chi connectivity index (χ2v) is 4.76. The molecule has 3 rings (SSSR count). The quantitative estimate of drug-likeness (QED) is 0.801. The molecule has 1 N–H and O–H groups in total. The van der Waals surface area contributed by atoms with Crippen LogP contribution in [0.15, 0.2) is 67.1 Å². The first-order valence-corrected chi connectivity index (χ1v) is 6.83. The molecule has 3 aromatic rings. The topological polar surface area (TPSA) is 56.2 Å². The highest BCUT2D eigenvalue weighted by Gasteiger charge is 2.12. The Morgan fingerprint density at radius 1 is 1.09 bits per heavy atom. The van der Waals surface area contributed by atoms with E-state index in [1.807, 2.05) is 48.5 Å². The number of nitrogens with one attached hydrogen (secondary N) is 1. The molecule has 0 saturated heterocycles. The number of carbonyl (C=O) groups excluding carboxylic acids is 1. The van der Waals surface area contributed by atoms with E-state index in [1.54, 1.807) is 24.0 Å². The Kier molecular flexibility index (Phi) is 3.87. The molecular formula is C17H15N3O2. The molecule has 22 heavy (non-hydrogen) atoms. The highest BCUT2D eigenvalue weighted by atomic mass is 16.5. The van der Waals surface area contributed by atoms with Gasteiger partial charge in [0, 0.05) is 7.05 Å². The van der Waals surface area contributed by atoms with Crippen LogP contribution in [0.2, 0.25) is 0 Å². The van der Waals surface area contributed by atoms with Crippen LogP contribution in [0, 0.1) is 0 Å². The zero-order valence-corrected chi connectivity index (χ0v) is 12.1. The Morgan fingerprint density at radius 2 is 1.82 bits per heavy atom. The average molecular weight is 293 g/mol. The van der Waals surface area contributed by atoms with Gasteiger partial charge in [0.05, 0.1) is 18.2 Å². The molecule has 0 unspecified atom stereocenters. The fraction of sp³-hybridized carbons (Fsp3) is 0.0588. The lowest BCUT2D eigenvalue weighted by Crippen LogP contribution is -2.15. The molecule has 0 radical (unpaired) electrons. The maximum absolute atomic E-state index is 12.3.